The van der Waals surface area contributed by atoms with Crippen molar-refractivity contribution in [2.75, 3.05) is 0 Å². The summed E-state index contributed by atoms with van der Waals surface area (Å²) in [6.07, 6.45) is 5.15. The molecular formula is C7H8N4O. The molecule has 0 aromatic carbocycles. The fourth-order valence-corrected chi connectivity index (χ4v) is 0.793. The average Bonchev–Trinajstić information content (AvgIpc) is 2.52. The van der Waals surface area contributed by atoms with E-state index in [1.165, 1.54) is 6.33 Å². The van der Waals surface area contributed by atoms with E-state index in [2.05, 4.69) is 26.8 Å². The van der Waals surface area contributed by atoms with Gasteiger partial charge in [-0.1, -0.05) is 0 Å². The van der Waals surface area contributed by atoms with E-state index in [4.69, 9.17) is 5.21 Å². The van der Waals surface area contributed by atoms with Crippen molar-refractivity contribution < 1.29 is 5.21 Å². The summed E-state index contributed by atoms with van der Waals surface area (Å²) in [4.78, 5) is 10.8. The summed E-state index contributed by atoms with van der Waals surface area (Å²) in [6, 6.07) is 1.94. The molecule has 0 aliphatic carbocycles. The number of aromatic amines is 1. The Morgan fingerprint density at radius 3 is 3.00 bits per heavy atom. The Morgan fingerprint density at radius 1 is 1.58 bits per heavy atom. The molecule has 5 heteroatoms. The molecule has 0 fully saturated rings. The molecule has 2 aromatic heterocycles. The van der Waals surface area contributed by atoms with Crippen molar-refractivity contribution in [2.45, 2.75) is 0 Å². The first-order valence-electron chi connectivity index (χ1n) is 3.21. The van der Waals surface area contributed by atoms with Gasteiger partial charge in [-0.2, -0.15) is 0 Å². The number of hydrogen-bond donors (Lipinski definition) is 2. The molecular weight excluding hydrogens is 156 g/mol. The normalized spacial score (nSPS) is 8.67. The average molecular weight is 164 g/mol. The lowest BCUT2D eigenvalue weighted by Crippen LogP contribution is -1.75. The van der Waals surface area contributed by atoms with Gasteiger partial charge in [-0.3, -0.25) is 0 Å². The Balaban J connectivity index is 0.000000213. The van der Waals surface area contributed by atoms with Crippen LogP contribution in [0, 0.1) is 0 Å². The molecule has 0 aliphatic heterocycles. The van der Waals surface area contributed by atoms with E-state index in [0.29, 0.717) is 0 Å². The first-order chi connectivity index (χ1) is 5.88. The molecule has 0 unspecified atom stereocenters. The lowest BCUT2D eigenvalue weighted by Gasteiger charge is -1.81. The number of nitrogens with one attached hydrogen (secondary N) is 1. The third-order valence-corrected chi connectivity index (χ3v) is 1.22. The summed E-state index contributed by atoms with van der Waals surface area (Å²) < 4.78 is 0. The second-order valence-corrected chi connectivity index (χ2v) is 1.95. The molecule has 0 amide bonds. The zero-order chi connectivity index (χ0) is 8.81. The molecule has 0 spiro atoms. The quantitative estimate of drug-likeness (QED) is 0.347. The molecule has 2 N–H and O–H groups in total. The highest BCUT2D eigenvalue weighted by atomic mass is 16.4. The highest BCUT2D eigenvalue weighted by molar-refractivity contribution is 5.73. The molecule has 0 saturated heterocycles. The van der Waals surface area contributed by atoms with Gasteiger partial charge in [-0.25, -0.2) is 9.97 Å². The van der Waals surface area contributed by atoms with Crippen LogP contribution in [0.15, 0.2) is 29.9 Å². The molecule has 2 rings (SSSR count). The fourth-order valence-electron chi connectivity index (χ4n) is 0.793. The molecule has 0 bridgehead atoms. The van der Waals surface area contributed by atoms with E-state index in [9.17, 15) is 0 Å². The molecule has 2 aromatic rings. The van der Waals surface area contributed by atoms with Crippen molar-refractivity contribution in [3.05, 3.63) is 24.8 Å². The van der Waals surface area contributed by atoms with Gasteiger partial charge in [0.25, 0.3) is 0 Å². The highest BCUT2D eigenvalue weighted by Crippen LogP contribution is 2.03. The van der Waals surface area contributed by atoms with Crippen molar-refractivity contribution in [2.24, 2.45) is 5.16 Å². The van der Waals surface area contributed by atoms with E-state index in [0.717, 1.165) is 11.0 Å². The Morgan fingerprint density at radius 2 is 2.33 bits per heavy atom. The van der Waals surface area contributed by atoms with Crippen LogP contribution in [0.2, 0.25) is 0 Å². The van der Waals surface area contributed by atoms with Gasteiger partial charge in [0.15, 0.2) is 0 Å². The third-order valence-electron chi connectivity index (χ3n) is 1.22. The molecule has 0 atom stereocenters. The standard InChI is InChI=1S/C6H5N3.CH3NO/c1-2-8-6-5(1)3-7-4-9-6;1-2-3/h1-4H,(H,7,8,9);3H,1H2. The molecule has 2 heterocycles. The van der Waals surface area contributed by atoms with Crippen LogP contribution in [0.3, 0.4) is 0 Å². The summed E-state index contributed by atoms with van der Waals surface area (Å²) >= 11 is 0. The predicted octanol–water partition coefficient (Wildman–Crippen LogP) is 1.03. The predicted molar refractivity (Wildman–Crippen MR) is 45.2 cm³/mol. The van der Waals surface area contributed by atoms with Crippen molar-refractivity contribution in [3.8, 4) is 0 Å². The fraction of sp³-hybridized carbons (Fsp3) is 0. The molecule has 0 saturated carbocycles. The van der Waals surface area contributed by atoms with Gasteiger partial charge in [-0.15, -0.1) is 5.16 Å². The van der Waals surface area contributed by atoms with Gasteiger partial charge in [0.2, 0.25) is 0 Å². The van der Waals surface area contributed by atoms with E-state index >= 15 is 0 Å². The number of hydrogen-bond acceptors (Lipinski definition) is 4. The number of fused-ring (bicyclic) bond motifs is 1. The van der Waals surface area contributed by atoms with Gasteiger partial charge < -0.3 is 10.2 Å². The Labute approximate surface area is 68.8 Å². The topological polar surface area (TPSA) is 74.2 Å². The minimum atomic E-state index is 0.894. The van der Waals surface area contributed by atoms with E-state index < -0.39 is 0 Å². The Bertz CT molecular complexity index is 327. The van der Waals surface area contributed by atoms with E-state index in [1.807, 2.05) is 12.3 Å². The number of aromatic nitrogens is 3. The molecule has 0 aliphatic rings. The number of rotatable bonds is 0. The zero-order valence-electron chi connectivity index (χ0n) is 6.31. The summed E-state index contributed by atoms with van der Waals surface area (Å²) in [5.41, 5.74) is 0.894. The van der Waals surface area contributed by atoms with Gasteiger partial charge in [0.1, 0.15) is 12.0 Å². The number of oxime groups is 1. The minimum absolute atomic E-state index is 0.894. The van der Waals surface area contributed by atoms with Crippen LogP contribution in [0.25, 0.3) is 11.0 Å². The zero-order valence-corrected chi connectivity index (χ0v) is 6.31. The van der Waals surface area contributed by atoms with Gasteiger partial charge in [0, 0.05) is 24.5 Å². The summed E-state index contributed by atoms with van der Waals surface area (Å²) in [5, 5.41) is 10.4. The Kier molecular flexibility index (Phi) is 2.78. The largest absolute Gasteiger partial charge is 0.411 e. The van der Waals surface area contributed by atoms with Crippen molar-refractivity contribution in [3.63, 3.8) is 0 Å². The van der Waals surface area contributed by atoms with Crippen LogP contribution >= 0.6 is 0 Å². The summed E-state index contributed by atoms with van der Waals surface area (Å²) in [6.45, 7) is 2.67. The number of nitrogens with zero attached hydrogens (tertiary/aromatic N) is 3. The smallest absolute Gasteiger partial charge is 0.140 e. The highest BCUT2D eigenvalue weighted by Gasteiger charge is 1.89. The molecule has 12 heavy (non-hydrogen) atoms. The van der Waals surface area contributed by atoms with Crippen molar-refractivity contribution >= 4 is 17.8 Å². The third kappa shape index (κ3) is 1.79. The summed E-state index contributed by atoms with van der Waals surface area (Å²) in [5.74, 6) is 0. The van der Waals surface area contributed by atoms with Crippen LogP contribution in [0.1, 0.15) is 0 Å². The lowest BCUT2D eigenvalue weighted by molar-refractivity contribution is 0.323. The molecule has 5 nitrogen and oxygen atoms in total. The second-order valence-electron chi connectivity index (χ2n) is 1.95. The maximum Gasteiger partial charge on any atom is 0.140 e. The van der Waals surface area contributed by atoms with Crippen molar-refractivity contribution in [1.82, 2.24) is 15.0 Å². The van der Waals surface area contributed by atoms with Crippen LogP contribution < -0.4 is 0 Å². The van der Waals surface area contributed by atoms with Crippen molar-refractivity contribution in [1.29, 1.82) is 0 Å². The maximum atomic E-state index is 7.08. The van der Waals surface area contributed by atoms with E-state index in [1.54, 1.807) is 6.20 Å². The SMILES string of the molecule is C=NO.c1ncc2cc[nH]c2n1. The van der Waals surface area contributed by atoms with Gasteiger partial charge >= 0.3 is 0 Å². The Hall–Kier alpha value is -1.91. The van der Waals surface area contributed by atoms with Crippen LogP contribution in [-0.4, -0.2) is 26.9 Å². The van der Waals surface area contributed by atoms with Crippen LogP contribution in [0.4, 0.5) is 0 Å². The number of H-pyrrole nitrogens is 1. The van der Waals surface area contributed by atoms with Crippen LogP contribution in [0.5, 0.6) is 0 Å². The van der Waals surface area contributed by atoms with Gasteiger partial charge in [0.05, 0.1) is 0 Å². The van der Waals surface area contributed by atoms with Crippen LogP contribution in [-0.2, 0) is 0 Å². The molecule has 62 valence electrons. The minimum Gasteiger partial charge on any atom is -0.411 e. The van der Waals surface area contributed by atoms with Gasteiger partial charge in [-0.05, 0) is 6.07 Å². The van der Waals surface area contributed by atoms with E-state index in [-0.39, 0.29) is 0 Å². The first kappa shape index (κ1) is 8.19. The monoisotopic (exact) mass is 164 g/mol. The maximum absolute atomic E-state index is 7.08. The second kappa shape index (κ2) is 4.07. The molecule has 0 radical (unpaired) electrons. The summed E-state index contributed by atoms with van der Waals surface area (Å²) in [7, 11) is 0. The lowest BCUT2D eigenvalue weighted by atomic mass is 10.4. The first-order valence-corrected chi connectivity index (χ1v) is 3.21.